The number of rotatable bonds is 4. The smallest absolute Gasteiger partial charge is 0.226 e. The summed E-state index contributed by atoms with van der Waals surface area (Å²) in [5, 5.41) is 3.10. The van der Waals surface area contributed by atoms with Gasteiger partial charge in [-0.2, -0.15) is 0 Å². The van der Waals surface area contributed by atoms with Gasteiger partial charge in [-0.1, -0.05) is 30.3 Å². The first-order chi connectivity index (χ1) is 12.1. The van der Waals surface area contributed by atoms with E-state index in [9.17, 15) is 9.59 Å². The van der Waals surface area contributed by atoms with Gasteiger partial charge in [0.05, 0.1) is 18.0 Å². The Balaban J connectivity index is 1.80. The predicted molar refractivity (Wildman–Crippen MR) is 95.5 cm³/mol. The number of nitrogens with zero attached hydrogens (tertiary/aromatic N) is 2. The predicted octanol–water partition coefficient (Wildman–Crippen LogP) is 2.87. The van der Waals surface area contributed by atoms with E-state index in [1.807, 2.05) is 49.4 Å². The fourth-order valence-electron chi connectivity index (χ4n) is 3.47. The number of hydrogen-bond acceptors (Lipinski definition) is 3. The lowest BCUT2D eigenvalue weighted by molar-refractivity contribution is -0.141. The third kappa shape index (κ3) is 3.71. The van der Waals surface area contributed by atoms with Crippen LogP contribution < -0.4 is 5.32 Å². The Kier molecular flexibility index (Phi) is 5.12. The highest BCUT2D eigenvalue weighted by atomic mass is 16.2. The van der Waals surface area contributed by atoms with Crippen LogP contribution >= 0.6 is 0 Å². The van der Waals surface area contributed by atoms with E-state index in [-0.39, 0.29) is 29.8 Å². The number of amides is 2. The molecule has 1 aromatic carbocycles. The van der Waals surface area contributed by atoms with Gasteiger partial charge in [-0.25, -0.2) is 0 Å². The molecule has 1 N–H and O–H groups in total. The lowest BCUT2D eigenvalue weighted by atomic mass is 9.83. The molecule has 3 rings (SSSR count). The van der Waals surface area contributed by atoms with Gasteiger partial charge in [0.25, 0.3) is 0 Å². The van der Waals surface area contributed by atoms with E-state index < -0.39 is 0 Å². The van der Waals surface area contributed by atoms with Crippen molar-refractivity contribution in [3.63, 3.8) is 0 Å². The van der Waals surface area contributed by atoms with E-state index in [0.29, 0.717) is 12.8 Å². The molecule has 25 heavy (non-hydrogen) atoms. The van der Waals surface area contributed by atoms with Crippen LogP contribution in [0.3, 0.4) is 0 Å². The van der Waals surface area contributed by atoms with Crippen molar-refractivity contribution >= 4 is 11.8 Å². The van der Waals surface area contributed by atoms with Gasteiger partial charge in [0.15, 0.2) is 0 Å². The van der Waals surface area contributed by atoms with Crippen molar-refractivity contribution in [2.75, 3.05) is 7.05 Å². The second-order valence-electron chi connectivity index (χ2n) is 6.52. The summed E-state index contributed by atoms with van der Waals surface area (Å²) < 4.78 is 0. The van der Waals surface area contributed by atoms with Gasteiger partial charge in [0.1, 0.15) is 0 Å². The first-order valence-electron chi connectivity index (χ1n) is 8.59. The van der Waals surface area contributed by atoms with Gasteiger partial charge in [-0.15, -0.1) is 0 Å². The monoisotopic (exact) mass is 337 g/mol. The molecule has 2 aromatic rings. The van der Waals surface area contributed by atoms with Crippen LogP contribution in [0.2, 0.25) is 0 Å². The van der Waals surface area contributed by atoms with Gasteiger partial charge in [0.2, 0.25) is 11.8 Å². The summed E-state index contributed by atoms with van der Waals surface area (Å²) in [5.41, 5.74) is 2.01. The minimum absolute atomic E-state index is 0.0162. The van der Waals surface area contributed by atoms with Crippen molar-refractivity contribution in [2.45, 2.75) is 31.8 Å². The molecular formula is C20H23N3O2. The maximum absolute atomic E-state index is 13.0. The highest BCUT2D eigenvalue weighted by molar-refractivity contribution is 5.85. The van der Waals surface area contributed by atoms with E-state index in [2.05, 4.69) is 10.3 Å². The Morgan fingerprint density at radius 3 is 2.56 bits per heavy atom. The summed E-state index contributed by atoms with van der Waals surface area (Å²) in [4.78, 5) is 30.8. The lowest BCUT2D eigenvalue weighted by Gasteiger charge is -2.39. The third-order valence-corrected chi connectivity index (χ3v) is 4.90. The van der Waals surface area contributed by atoms with Crippen molar-refractivity contribution in [1.82, 2.24) is 15.2 Å². The number of aromatic nitrogens is 1. The summed E-state index contributed by atoms with van der Waals surface area (Å²) in [5.74, 6) is -0.188. The largest absolute Gasteiger partial charge is 0.349 e. The van der Waals surface area contributed by atoms with Gasteiger partial charge < -0.3 is 10.2 Å². The molecule has 2 heterocycles. The molecule has 0 spiro atoms. The summed E-state index contributed by atoms with van der Waals surface area (Å²) in [6.45, 7) is 1.96. The van der Waals surface area contributed by atoms with Crippen LogP contribution in [0.5, 0.6) is 0 Å². The SMILES string of the molecule is CC(NC(=O)C1CCC(=O)N(C)C1c1ccccc1)c1ccncc1. The zero-order valence-corrected chi connectivity index (χ0v) is 14.6. The Morgan fingerprint density at radius 1 is 1.20 bits per heavy atom. The number of pyridine rings is 1. The Labute approximate surface area is 148 Å². The van der Waals surface area contributed by atoms with Crippen LogP contribution in [-0.4, -0.2) is 28.7 Å². The van der Waals surface area contributed by atoms with E-state index in [1.54, 1.807) is 24.3 Å². The van der Waals surface area contributed by atoms with Crippen LogP contribution in [-0.2, 0) is 9.59 Å². The van der Waals surface area contributed by atoms with E-state index >= 15 is 0 Å². The number of carbonyl (C=O) groups excluding carboxylic acids is 2. The highest BCUT2D eigenvalue weighted by Gasteiger charge is 2.39. The van der Waals surface area contributed by atoms with Crippen molar-refractivity contribution in [3.05, 3.63) is 66.0 Å². The molecule has 0 saturated carbocycles. The van der Waals surface area contributed by atoms with Gasteiger partial charge in [-0.3, -0.25) is 14.6 Å². The number of likely N-dealkylation sites (tertiary alicyclic amines) is 1. The second-order valence-corrected chi connectivity index (χ2v) is 6.52. The molecule has 0 bridgehead atoms. The first-order valence-corrected chi connectivity index (χ1v) is 8.59. The maximum Gasteiger partial charge on any atom is 0.226 e. The zero-order valence-electron chi connectivity index (χ0n) is 14.6. The van der Waals surface area contributed by atoms with Gasteiger partial charge in [-0.05, 0) is 36.6 Å². The minimum Gasteiger partial charge on any atom is -0.349 e. The standard InChI is InChI=1S/C20H23N3O2/c1-14(15-10-12-21-13-11-15)22-20(25)17-8-9-18(24)23(2)19(17)16-6-4-3-5-7-16/h3-7,10-14,17,19H,8-9H2,1-2H3,(H,22,25). The molecule has 1 aliphatic rings. The third-order valence-electron chi connectivity index (χ3n) is 4.90. The number of nitrogens with one attached hydrogen (secondary N) is 1. The average Bonchev–Trinajstić information content (AvgIpc) is 2.65. The zero-order chi connectivity index (χ0) is 17.8. The van der Waals surface area contributed by atoms with Crippen LogP contribution in [0.15, 0.2) is 54.9 Å². The van der Waals surface area contributed by atoms with Crippen LogP contribution in [0.1, 0.15) is 43.0 Å². The van der Waals surface area contributed by atoms with Crippen LogP contribution in [0.4, 0.5) is 0 Å². The Hall–Kier alpha value is -2.69. The molecule has 1 aromatic heterocycles. The lowest BCUT2D eigenvalue weighted by Crippen LogP contribution is -2.46. The molecule has 3 unspecified atom stereocenters. The normalized spacial score (nSPS) is 21.7. The van der Waals surface area contributed by atoms with Crippen molar-refractivity contribution < 1.29 is 9.59 Å². The van der Waals surface area contributed by atoms with Crippen LogP contribution in [0.25, 0.3) is 0 Å². The summed E-state index contributed by atoms with van der Waals surface area (Å²) in [6, 6.07) is 13.2. The highest BCUT2D eigenvalue weighted by Crippen LogP contribution is 2.36. The Bertz CT molecular complexity index is 733. The van der Waals surface area contributed by atoms with Crippen molar-refractivity contribution in [3.8, 4) is 0 Å². The number of hydrogen-bond donors (Lipinski definition) is 1. The summed E-state index contributed by atoms with van der Waals surface area (Å²) in [6.07, 6.45) is 4.41. The number of carbonyl (C=O) groups is 2. The maximum atomic E-state index is 13.0. The average molecular weight is 337 g/mol. The minimum atomic E-state index is -0.255. The fraction of sp³-hybridized carbons (Fsp3) is 0.350. The molecule has 5 nitrogen and oxygen atoms in total. The summed E-state index contributed by atoms with van der Waals surface area (Å²) in [7, 11) is 1.78. The molecule has 3 atom stereocenters. The van der Waals surface area contributed by atoms with Crippen molar-refractivity contribution in [1.29, 1.82) is 0 Å². The molecule has 0 aliphatic carbocycles. The van der Waals surface area contributed by atoms with E-state index in [1.165, 1.54) is 0 Å². The van der Waals surface area contributed by atoms with E-state index in [0.717, 1.165) is 11.1 Å². The summed E-state index contributed by atoms with van der Waals surface area (Å²) >= 11 is 0. The molecule has 5 heteroatoms. The van der Waals surface area contributed by atoms with E-state index in [4.69, 9.17) is 0 Å². The second kappa shape index (κ2) is 7.47. The van der Waals surface area contributed by atoms with Crippen molar-refractivity contribution in [2.24, 2.45) is 5.92 Å². The molecule has 0 radical (unpaired) electrons. The molecule has 1 aliphatic heterocycles. The molecule has 2 amide bonds. The molecule has 130 valence electrons. The first kappa shape index (κ1) is 17.1. The Morgan fingerprint density at radius 2 is 1.88 bits per heavy atom. The molecule has 1 fully saturated rings. The van der Waals surface area contributed by atoms with Gasteiger partial charge in [0, 0.05) is 25.9 Å². The molecular weight excluding hydrogens is 314 g/mol. The van der Waals surface area contributed by atoms with Crippen LogP contribution in [0, 0.1) is 5.92 Å². The fourth-order valence-corrected chi connectivity index (χ4v) is 3.47. The topological polar surface area (TPSA) is 62.3 Å². The quantitative estimate of drug-likeness (QED) is 0.933. The van der Waals surface area contributed by atoms with Gasteiger partial charge >= 0.3 is 0 Å². The number of benzene rings is 1. The number of piperidine rings is 1. The molecule has 1 saturated heterocycles.